The molecule has 23 heteroatoms. The van der Waals surface area contributed by atoms with E-state index in [1.807, 2.05) is 34.6 Å². The third kappa shape index (κ3) is 22.5. The summed E-state index contributed by atoms with van der Waals surface area (Å²) in [6.07, 6.45) is -0.583. The first kappa shape index (κ1) is 63.3. The van der Waals surface area contributed by atoms with Crippen LogP contribution in [0.2, 0.25) is 0 Å². The van der Waals surface area contributed by atoms with Crippen molar-refractivity contribution in [2.75, 3.05) is 19.6 Å². The Bertz CT molecular complexity index is 1890. The van der Waals surface area contributed by atoms with E-state index < -0.39 is 120 Å². The van der Waals surface area contributed by atoms with Crippen molar-refractivity contribution in [2.24, 2.45) is 52.3 Å². The molecule has 0 aliphatic heterocycles. The molecule has 402 valence electrons. The van der Waals surface area contributed by atoms with Crippen LogP contribution in [0, 0.1) is 23.7 Å². The maximum Gasteiger partial charge on any atom is 0.243 e. The van der Waals surface area contributed by atoms with Gasteiger partial charge in [0, 0.05) is 6.42 Å². The van der Waals surface area contributed by atoms with Crippen molar-refractivity contribution >= 4 is 53.2 Å². The molecule has 0 bridgehead atoms. The van der Waals surface area contributed by atoms with Gasteiger partial charge in [-0.3, -0.25) is 43.2 Å². The second-order valence-electron chi connectivity index (χ2n) is 19.3. The van der Waals surface area contributed by atoms with E-state index in [9.17, 15) is 48.3 Å². The number of nitrogens with one attached hydrogen (secondary N) is 8. The van der Waals surface area contributed by atoms with Gasteiger partial charge in [0.1, 0.15) is 48.3 Å². The number of primary amides is 1. The lowest BCUT2D eigenvalue weighted by atomic mass is 9.97. The van der Waals surface area contributed by atoms with Gasteiger partial charge in [-0.2, -0.15) is 0 Å². The molecule has 0 radical (unpaired) electrons. The molecule has 11 atom stereocenters. The summed E-state index contributed by atoms with van der Waals surface area (Å²) in [6.45, 7) is 15.5. The van der Waals surface area contributed by atoms with Gasteiger partial charge in [-0.25, -0.2) is 0 Å². The summed E-state index contributed by atoms with van der Waals surface area (Å²) in [7, 11) is 0. The minimum Gasteiger partial charge on any atom is -0.391 e. The number of benzene rings is 1. The third-order valence-electron chi connectivity index (χ3n) is 11.7. The van der Waals surface area contributed by atoms with Crippen molar-refractivity contribution in [3.8, 4) is 0 Å². The second-order valence-corrected chi connectivity index (χ2v) is 19.3. The number of aliphatic hydroxyl groups excluding tert-OH is 1. The van der Waals surface area contributed by atoms with Gasteiger partial charge in [-0.15, -0.1) is 0 Å². The number of carbonyl (C=O) groups excluding carboxylic acids is 9. The molecule has 0 aromatic heterocycles. The molecule has 23 nitrogen and oxygen atoms in total. The number of carbonyl (C=O) groups is 9. The van der Waals surface area contributed by atoms with Crippen LogP contribution < -0.4 is 71.2 Å². The molecule has 1 aromatic rings. The number of hydrogen-bond donors (Lipinski definition) is 14. The van der Waals surface area contributed by atoms with Gasteiger partial charge in [0.25, 0.3) is 0 Å². The van der Waals surface area contributed by atoms with Crippen molar-refractivity contribution < 1.29 is 48.3 Å². The number of aliphatic hydroxyl groups is 1. The van der Waals surface area contributed by atoms with Gasteiger partial charge in [0.15, 0.2) is 0 Å². The summed E-state index contributed by atoms with van der Waals surface area (Å²) in [5.74, 6) is -8.00. The third-order valence-corrected chi connectivity index (χ3v) is 11.7. The lowest BCUT2D eigenvalue weighted by Gasteiger charge is -2.30. The van der Waals surface area contributed by atoms with E-state index >= 15 is 0 Å². The molecule has 0 saturated heterocycles. The van der Waals surface area contributed by atoms with Crippen molar-refractivity contribution in [3.05, 3.63) is 35.9 Å². The Morgan fingerprint density at radius 1 is 0.493 bits per heavy atom. The molecule has 0 aliphatic rings. The largest absolute Gasteiger partial charge is 0.391 e. The molecular weight excluding hydrogens is 919 g/mol. The summed E-state index contributed by atoms with van der Waals surface area (Å²) < 4.78 is 0. The minimum absolute atomic E-state index is 0.0359. The van der Waals surface area contributed by atoms with Crippen molar-refractivity contribution in [1.29, 1.82) is 0 Å². The average Bonchev–Trinajstić information content (AvgIpc) is 3.29. The van der Waals surface area contributed by atoms with Crippen LogP contribution in [0.5, 0.6) is 0 Å². The number of nitrogens with two attached hydrogens (primary N) is 5. The minimum atomic E-state index is -1.43. The lowest BCUT2D eigenvalue weighted by Crippen LogP contribution is -2.62. The Balaban J connectivity index is 3.46. The Labute approximate surface area is 418 Å². The second kappa shape index (κ2) is 32.3. The summed E-state index contributed by atoms with van der Waals surface area (Å²) in [5, 5.41) is 31.2. The molecule has 0 heterocycles. The SMILES string of the molecule is CC[C@H](C)[C@H](NC(=O)[C@@H](N)CCN)C(=O)N[C@@H](CCN)C(=O)N[C@H](Cc1ccccc1)C(=O)N[C@@H](CC(C)C)C(=O)N[C@@H](CCN)C(=O)N[C@@H](C(=O)N[C@@H](CC(C)C)C(=O)N[C@H](C(N)=O)[C@@H](C)O)C(C)C. The van der Waals surface area contributed by atoms with Crippen LogP contribution in [0.4, 0.5) is 0 Å². The smallest absolute Gasteiger partial charge is 0.243 e. The van der Waals surface area contributed by atoms with Gasteiger partial charge in [0.2, 0.25) is 53.2 Å². The normalized spacial score (nSPS) is 16.1. The number of rotatable bonds is 33. The maximum atomic E-state index is 14.3. The molecule has 71 heavy (non-hydrogen) atoms. The van der Waals surface area contributed by atoms with Crippen molar-refractivity contribution in [2.45, 2.75) is 168 Å². The molecule has 1 rings (SSSR count). The summed E-state index contributed by atoms with van der Waals surface area (Å²) in [6, 6.07) is -2.20. The molecule has 0 aliphatic carbocycles. The zero-order valence-electron chi connectivity index (χ0n) is 43.0. The molecule has 0 spiro atoms. The van der Waals surface area contributed by atoms with Gasteiger partial charge < -0.3 is 76.3 Å². The molecule has 0 saturated carbocycles. The average molecular weight is 1000 g/mol. The van der Waals surface area contributed by atoms with Gasteiger partial charge >= 0.3 is 0 Å². The van der Waals surface area contributed by atoms with Crippen LogP contribution in [-0.2, 0) is 49.6 Å². The Morgan fingerprint density at radius 2 is 0.873 bits per heavy atom. The Kier molecular flexibility index (Phi) is 28.8. The summed E-state index contributed by atoms with van der Waals surface area (Å²) in [4.78, 5) is 122. The molecular formula is C48H85N13O10. The van der Waals surface area contributed by atoms with E-state index in [0.29, 0.717) is 12.0 Å². The first-order valence-corrected chi connectivity index (χ1v) is 24.6. The highest BCUT2D eigenvalue weighted by Gasteiger charge is 2.37. The predicted molar refractivity (Wildman–Crippen MR) is 269 cm³/mol. The molecule has 19 N–H and O–H groups in total. The fourth-order valence-corrected chi connectivity index (χ4v) is 7.42. The Morgan fingerprint density at radius 3 is 1.32 bits per heavy atom. The standard InChI is InChI=1S/C48H85N13O10/c1-10-28(8)38(60-41(64)31(52)16-19-49)48(71)55-32(17-20-50)42(65)57-36(24-30-14-12-11-13-15-30)45(68)56-34(22-25(2)3)44(67)54-33(18-21-51)43(66)59-37(27(6)7)47(70)58-35(23-26(4)5)46(69)61-39(29(9)62)40(53)63/h11-15,25-29,31-39,62H,10,16-24,49-52H2,1-9H3,(H2,53,63)(H,54,67)(H,55,71)(H,56,68)(H,57,65)(H,58,70)(H,59,66)(H,60,64)(H,61,69)/t28-,29+,31-,32-,33-,34-,35-,36+,37+,38-,39-/m0/s1. The Hall–Kier alpha value is -5.75. The highest BCUT2D eigenvalue weighted by atomic mass is 16.3. The highest BCUT2D eigenvalue weighted by Crippen LogP contribution is 2.13. The monoisotopic (exact) mass is 1000 g/mol. The van der Waals surface area contributed by atoms with Crippen LogP contribution in [0.1, 0.15) is 106 Å². The van der Waals surface area contributed by atoms with E-state index in [-0.39, 0.29) is 75.9 Å². The topological polar surface area (TPSA) is 400 Å². The van der Waals surface area contributed by atoms with Gasteiger partial charge in [-0.05, 0) is 87.9 Å². The quantitative estimate of drug-likeness (QED) is 0.0337. The fraction of sp³-hybridized carbons (Fsp3) is 0.688. The van der Waals surface area contributed by atoms with E-state index in [1.54, 1.807) is 51.1 Å². The highest BCUT2D eigenvalue weighted by molar-refractivity contribution is 5.98. The zero-order valence-corrected chi connectivity index (χ0v) is 43.0. The summed E-state index contributed by atoms with van der Waals surface area (Å²) in [5.41, 5.74) is 29.3. The van der Waals surface area contributed by atoms with E-state index in [2.05, 4.69) is 42.5 Å². The molecule has 9 amide bonds. The summed E-state index contributed by atoms with van der Waals surface area (Å²) >= 11 is 0. The van der Waals surface area contributed by atoms with Gasteiger partial charge in [0.05, 0.1) is 12.1 Å². The molecule has 1 aromatic carbocycles. The van der Waals surface area contributed by atoms with Gasteiger partial charge in [-0.1, -0.05) is 92.1 Å². The van der Waals surface area contributed by atoms with Crippen LogP contribution in [0.15, 0.2) is 30.3 Å². The number of hydrogen-bond acceptors (Lipinski definition) is 14. The van der Waals surface area contributed by atoms with E-state index in [1.165, 1.54) is 6.92 Å². The van der Waals surface area contributed by atoms with Crippen LogP contribution >= 0.6 is 0 Å². The zero-order chi connectivity index (χ0) is 54.1. The first-order valence-electron chi connectivity index (χ1n) is 24.6. The number of amides is 9. The first-order chi connectivity index (χ1) is 33.3. The fourth-order valence-electron chi connectivity index (χ4n) is 7.42. The van der Waals surface area contributed by atoms with Crippen molar-refractivity contribution in [3.63, 3.8) is 0 Å². The van der Waals surface area contributed by atoms with Crippen LogP contribution in [0.25, 0.3) is 0 Å². The van der Waals surface area contributed by atoms with E-state index in [4.69, 9.17) is 28.7 Å². The molecule has 0 unspecified atom stereocenters. The maximum absolute atomic E-state index is 14.3. The molecule has 0 fully saturated rings. The van der Waals surface area contributed by atoms with E-state index in [0.717, 1.165) is 0 Å². The van der Waals surface area contributed by atoms with Crippen LogP contribution in [0.3, 0.4) is 0 Å². The van der Waals surface area contributed by atoms with Crippen molar-refractivity contribution in [1.82, 2.24) is 42.5 Å². The van der Waals surface area contributed by atoms with Crippen LogP contribution in [-0.4, -0.2) is 138 Å². The predicted octanol–water partition coefficient (Wildman–Crippen LogP) is -2.86. The lowest BCUT2D eigenvalue weighted by molar-refractivity contribution is -0.136.